The lowest BCUT2D eigenvalue weighted by Crippen LogP contribution is -2.15. The second kappa shape index (κ2) is 7.30. The van der Waals surface area contributed by atoms with Crippen molar-refractivity contribution in [3.63, 3.8) is 0 Å². The highest BCUT2D eigenvalue weighted by Crippen LogP contribution is 2.14. The molecule has 0 amide bonds. The fourth-order valence-electron chi connectivity index (χ4n) is 2.42. The SMILES string of the molecule is CCCn1cccc1CNCc1ccc(C(C)C)cc1. The number of aryl methyl sites for hydroxylation is 1. The van der Waals surface area contributed by atoms with E-state index in [4.69, 9.17) is 0 Å². The van der Waals surface area contributed by atoms with Crippen molar-refractivity contribution in [1.29, 1.82) is 0 Å². The van der Waals surface area contributed by atoms with Gasteiger partial charge in [0.15, 0.2) is 0 Å². The number of benzene rings is 1. The second-order valence-corrected chi connectivity index (χ2v) is 5.69. The van der Waals surface area contributed by atoms with Crippen molar-refractivity contribution in [2.75, 3.05) is 0 Å². The second-order valence-electron chi connectivity index (χ2n) is 5.69. The predicted octanol–water partition coefficient (Wildman–Crippen LogP) is 4.31. The summed E-state index contributed by atoms with van der Waals surface area (Å²) in [4.78, 5) is 0. The van der Waals surface area contributed by atoms with Gasteiger partial charge >= 0.3 is 0 Å². The number of nitrogens with one attached hydrogen (secondary N) is 1. The zero-order valence-electron chi connectivity index (χ0n) is 12.9. The first-order chi connectivity index (χ1) is 9.70. The molecule has 0 aliphatic heterocycles. The number of aromatic nitrogens is 1. The van der Waals surface area contributed by atoms with Crippen molar-refractivity contribution >= 4 is 0 Å². The molecule has 0 saturated carbocycles. The molecule has 20 heavy (non-hydrogen) atoms. The maximum absolute atomic E-state index is 3.53. The van der Waals surface area contributed by atoms with Crippen molar-refractivity contribution in [3.8, 4) is 0 Å². The average Bonchev–Trinajstić information content (AvgIpc) is 2.87. The van der Waals surface area contributed by atoms with Crippen molar-refractivity contribution < 1.29 is 0 Å². The van der Waals surface area contributed by atoms with Gasteiger partial charge in [0.25, 0.3) is 0 Å². The van der Waals surface area contributed by atoms with Gasteiger partial charge in [0, 0.05) is 31.5 Å². The maximum Gasteiger partial charge on any atom is 0.0362 e. The minimum Gasteiger partial charge on any atom is -0.350 e. The molecule has 0 aliphatic carbocycles. The summed E-state index contributed by atoms with van der Waals surface area (Å²) >= 11 is 0. The first-order valence-electron chi connectivity index (χ1n) is 7.64. The summed E-state index contributed by atoms with van der Waals surface area (Å²) in [6, 6.07) is 13.3. The molecule has 0 saturated heterocycles. The normalized spacial score (nSPS) is 11.2. The van der Waals surface area contributed by atoms with Gasteiger partial charge < -0.3 is 9.88 Å². The third-order valence-electron chi connectivity index (χ3n) is 3.67. The van der Waals surface area contributed by atoms with Crippen LogP contribution in [0.2, 0.25) is 0 Å². The first kappa shape index (κ1) is 14.9. The van der Waals surface area contributed by atoms with Crippen LogP contribution >= 0.6 is 0 Å². The molecule has 0 bridgehead atoms. The van der Waals surface area contributed by atoms with Gasteiger partial charge in [-0.2, -0.15) is 0 Å². The lowest BCUT2D eigenvalue weighted by atomic mass is 10.0. The molecule has 0 fully saturated rings. The topological polar surface area (TPSA) is 17.0 Å². The number of nitrogens with zero attached hydrogens (tertiary/aromatic N) is 1. The third kappa shape index (κ3) is 3.97. The van der Waals surface area contributed by atoms with E-state index < -0.39 is 0 Å². The summed E-state index contributed by atoms with van der Waals surface area (Å²) in [5, 5.41) is 3.53. The van der Waals surface area contributed by atoms with Gasteiger partial charge in [0.2, 0.25) is 0 Å². The monoisotopic (exact) mass is 270 g/mol. The third-order valence-corrected chi connectivity index (χ3v) is 3.67. The van der Waals surface area contributed by atoms with E-state index in [9.17, 15) is 0 Å². The van der Waals surface area contributed by atoms with E-state index in [0.717, 1.165) is 19.6 Å². The first-order valence-corrected chi connectivity index (χ1v) is 7.64. The van der Waals surface area contributed by atoms with Gasteiger partial charge in [-0.15, -0.1) is 0 Å². The Morgan fingerprint density at radius 3 is 2.45 bits per heavy atom. The average molecular weight is 270 g/mol. The van der Waals surface area contributed by atoms with Gasteiger partial charge in [0.1, 0.15) is 0 Å². The Labute approximate surface area is 122 Å². The van der Waals surface area contributed by atoms with Crippen LogP contribution in [0.3, 0.4) is 0 Å². The Morgan fingerprint density at radius 2 is 1.80 bits per heavy atom. The van der Waals surface area contributed by atoms with E-state index >= 15 is 0 Å². The molecule has 0 atom stereocenters. The molecular weight excluding hydrogens is 244 g/mol. The molecule has 108 valence electrons. The molecule has 2 aromatic rings. The van der Waals surface area contributed by atoms with E-state index in [0.29, 0.717) is 5.92 Å². The number of rotatable bonds is 7. The van der Waals surface area contributed by atoms with E-state index in [1.165, 1.54) is 23.2 Å². The van der Waals surface area contributed by atoms with Gasteiger partial charge in [-0.1, -0.05) is 45.0 Å². The van der Waals surface area contributed by atoms with Crippen LogP contribution < -0.4 is 5.32 Å². The fraction of sp³-hybridized carbons (Fsp3) is 0.444. The number of hydrogen-bond donors (Lipinski definition) is 1. The minimum absolute atomic E-state index is 0.606. The van der Waals surface area contributed by atoms with Crippen molar-refractivity contribution in [2.45, 2.75) is 52.7 Å². The van der Waals surface area contributed by atoms with Gasteiger partial charge in [0.05, 0.1) is 0 Å². The summed E-state index contributed by atoms with van der Waals surface area (Å²) < 4.78 is 2.33. The summed E-state index contributed by atoms with van der Waals surface area (Å²) in [5.41, 5.74) is 4.12. The Morgan fingerprint density at radius 1 is 1.05 bits per heavy atom. The molecule has 2 rings (SSSR count). The van der Waals surface area contributed by atoms with Crippen LogP contribution in [-0.4, -0.2) is 4.57 Å². The quantitative estimate of drug-likeness (QED) is 0.793. The Hall–Kier alpha value is -1.54. The standard InChI is InChI=1S/C18H26N2/c1-4-11-20-12-5-6-18(20)14-19-13-16-7-9-17(10-8-16)15(2)3/h5-10,12,15,19H,4,11,13-14H2,1-3H3. The zero-order chi connectivity index (χ0) is 14.4. The van der Waals surface area contributed by atoms with Crippen LogP contribution in [0.5, 0.6) is 0 Å². The van der Waals surface area contributed by atoms with Crippen LogP contribution in [0.15, 0.2) is 42.6 Å². The molecule has 0 unspecified atom stereocenters. The van der Waals surface area contributed by atoms with Crippen molar-refractivity contribution in [1.82, 2.24) is 9.88 Å². The highest BCUT2D eigenvalue weighted by atomic mass is 15.0. The fourth-order valence-corrected chi connectivity index (χ4v) is 2.42. The highest BCUT2D eigenvalue weighted by Gasteiger charge is 2.01. The molecule has 2 nitrogen and oxygen atoms in total. The largest absolute Gasteiger partial charge is 0.350 e. The lowest BCUT2D eigenvalue weighted by Gasteiger charge is -2.10. The van der Waals surface area contributed by atoms with E-state index in [1.807, 2.05) is 0 Å². The van der Waals surface area contributed by atoms with Crippen LogP contribution in [0.25, 0.3) is 0 Å². The Kier molecular flexibility index (Phi) is 5.42. The predicted molar refractivity (Wildman–Crippen MR) is 85.8 cm³/mol. The summed E-state index contributed by atoms with van der Waals surface area (Å²) in [6.45, 7) is 9.64. The van der Waals surface area contributed by atoms with Crippen molar-refractivity contribution in [2.24, 2.45) is 0 Å². The minimum atomic E-state index is 0.606. The summed E-state index contributed by atoms with van der Waals surface area (Å²) in [5.74, 6) is 0.606. The summed E-state index contributed by atoms with van der Waals surface area (Å²) in [7, 11) is 0. The molecular formula is C18H26N2. The van der Waals surface area contributed by atoms with E-state index in [2.05, 4.69) is 73.3 Å². The zero-order valence-corrected chi connectivity index (χ0v) is 12.9. The molecule has 2 heteroatoms. The molecule has 0 aliphatic rings. The molecule has 1 heterocycles. The van der Waals surface area contributed by atoms with E-state index in [-0.39, 0.29) is 0 Å². The molecule has 1 aromatic heterocycles. The Bertz CT molecular complexity index is 508. The van der Waals surface area contributed by atoms with Crippen molar-refractivity contribution in [3.05, 3.63) is 59.4 Å². The van der Waals surface area contributed by atoms with Crippen LogP contribution in [0.4, 0.5) is 0 Å². The molecule has 1 N–H and O–H groups in total. The van der Waals surface area contributed by atoms with E-state index in [1.54, 1.807) is 0 Å². The van der Waals surface area contributed by atoms with Gasteiger partial charge in [-0.25, -0.2) is 0 Å². The van der Waals surface area contributed by atoms with Gasteiger partial charge in [-0.05, 0) is 35.6 Å². The summed E-state index contributed by atoms with van der Waals surface area (Å²) in [6.07, 6.45) is 3.34. The molecule has 0 spiro atoms. The number of hydrogen-bond acceptors (Lipinski definition) is 1. The smallest absolute Gasteiger partial charge is 0.0362 e. The Balaban J connectivity index is 1.84. The van der Waals surface area contributed by atoms with Crippen LogP contribution in [0, 0.1) is 0 Å². The van der Waals surface area contributed by atoms with Crippen LogP contribution in [-0.2, 0) is 19.6 Å². The van der Waals surface area contributed by atoms with Gasteiger partial charge in [-0.3, -0.25) is 0 Å². The highest BCUT2D eigenvalue weighted by molar-refractivity contribution is 5.24. The molecule has 1 aromatic carbocycles. The molecule has 0 radical (unpaired) electrons. The lowest BCUT2D eigenvalue weighted by molar-refractivity contribution is 0.602. The van der Waals surface area contributed by atoms with Crippen LogP contribution in [0.1, 0.15) is 49.9 Å². The maximum atomic E-state index is 3.53.